The van der Waals surface area contributed by atoms with Crippen molar-refractivity contribution in [2.24, 2.45) is 0 Å². The molecule has 1 aromatic carbocycles. The van der Waals surface area contributed by atoms with Gasteiger partial charge in [-0.2, -0.15) is 5.10 Å². The van der Waals surface area contributed by atoms with E-state index in [2.05, 4.69) is 25.1 Å². The number of nitrogens with zero attached hydrogens (tertiary/aromatic N) is 4. The van der Waals surface area contributed by atoms with Gasteiger partial charge in [0.25, 0.3) is 10.0 Å². The van der Waals surface area contributed by atoms with Gasteiger partial charge in [0.2, 0.25) is 0 Å². The molecule has 1 unspecified atom stereocenters. The topological polar surface area (TPSA) is 173 Å². The number of benzene rings is 1. The number of halogens is 1. The number of aromatic nitrogens is 4. The van der Waals surface area contributed by atoms with Crippen molar-refractivity contribution in [3.8, 4) is 5.75 Å². The van der Waals surface area contributed by atoms with Crippen molar-refractivity contribution in [1.29, 1.82) is 0 Å². The predicted octanol–water partition coefficient (Wildman–Crippen LogP) is 1.91. The molecule has 1 amide bonds. The lowest BCUT2D eigenvalue weighted by atomic mass is 10.1. The van der Waals surface area contributed by atoms with Gasteiger partial charge >= 0.3 is 11.8 Å². The van der Waals surface area contributed by atoms with E-state index in [1.165, 1.54) is 29.1 Å². The molecular formula is C18H19ClN6O7S. The molecule has 0 bridgehead atoms. The summed E-state index contributed by atoms with van der Waals surface area (Å²) in [7, 11) is -4.18. The Morgan fingerprint density at radius 2 is 2.21 bits per heavy atom. The molecule has 3 N–H and O–H groups in total. The van der Waals surface area contributed by atoms with Crippen molar-refractivity contribution in [3.63, 3.8) is 0 Å². The SMILES string of the molecule is CCn1cc(S(=O)(=O)N2CC(CCc3noc(=O)[nH]3)Oc3ccc(NC(=O)O)cc32)c(Cl)n1. The highest BCUT2D eigenvalue weighted by Gasteiger charge is 2.37. The van der Waals surface area contributed by atoms with E-state index in [-0.39, 0.29) is 40.1 Å². The molecule has 13 nitrogen and oxygen atoms in total. The van der Waals surface area contributed by atoms with Gasteiger partial charge in [-0.3, -0.25) is 23.8 Å². The van der Waals surface area contributed by atoms with Gasteiger partial charge < -0.3 is 9.84 Å². The molecule has 3 heterocycles. The van der Waals surface area contributed by atoms with E-state index in [9.17, 15) is 18.0 Å². The maximum absolute atomic E-state index is 13.6. The largest absolute Gasteiger partial charge is 0.486 e. The van der Waals surface area contributed by atoms with Gasteiger partial charge in [0.15, 0.2) is 11.0 Å². The Bertz CT molecular complexity index is 1350. The number of hydrogen-bond donors (Lipinski definition) is 3. The van der Waals surface area contributed by atoms with E-state index in [4.69, 9.17) is 21.4 Å². The second kappa shape index (κ2) is 8.78. The van der Waals surface area contributed by atoms with Crippen molar-refractivity contribution >= 4 is 39.1 Å². The summed E-state index contributed by atoms with van der Waals surface area (Å²) in [5.41, 5.74) is 0.312. The zero-order chi connectivity index (χ0) is 23.8. The quantitative estimate of drug-likeness (QED) is 0.439. The molecule has 0 radical (unpaired) electrons. The van der Waals surface area contributed by atoms with E-state index in [0.29, 0.717) is 18.8 Å². The molecule has 4 rings (SSSR count). The fourth-order valence-electron chi connectivity index (χ4n) is 3.39. The van der Waals surface area contributed by atoms with Crippen molar-refractivity contribution < 1.29 is 27.6 Å². The number of amides is 1. The predicted molar refractivity (Wildman–Crippen MR) is 115 cm³/mol. The lowest BCUT2D eigenvalue weighted by Gasteiger charge is -2.35. The molecule has 1 aliphatic rings. The van der Waals surface area contributed by atoms with Crippen LogP contribution >= 0.6 is 11.6 Å². The summed E-state index contributed by atoms with van der Waals surface area (Å²) in [5.74, 6) is -0.152. The zero-order valence-corrected chi connectivity index (χ0v) is 18.8. The molecule has 0 spiro atoms. The van der Waals surface area contributed by atoms with Crippen LogP contribution in [-0.2, 0) is 23.0 Å². The van der Waals surface area contributed by atoms with Crippen molar-refractivity contribution in [3.05, 3.63) is 45.9 Å². The molecule has 0 fully saturated rings. The van der Waals surface area contributed by atoms with E-state index in [0.717, 1.165) is 4.31 Å². The van der Waals surface area contributed by atoms with Crippen LogP contribution in [0.1, 0.15) is 19.2 Å². The molecule has 176 valence electrons. The van der Waals surface area contributed by atoms with Crippen molar-refractivity contribution in [2.75, 3.05) is 16.2 Å². The Balaban J connectivity index is 1.71. The molecule has 1 aliphatic heterocycles. The third kappa shape index (κ3) is 4.66. The lowest BCUT2D eigenvalue weighted by Crippen LogP contribution is -2.43. The summed E-state index contributed by atoms with van der Waals surface area (Å²) >= 11 is 6.12. The number of rotatable bonds is 7. The highest BCUT2D eigenvalue weighted by atomic mass is 35.5. The van der Waals surface area contributed by atoms with Gasteiger partial charge in [0, 0.05) is 24.8 Å². The zero-order valence-electron chi connectivity index (χ0n) is 17.2. The number of carbonyl (C=O) groups is 1. The van der Waals surface area contributed by atoms with Gasteiger partial charge in [0.05, 0.1) is 12.2 Å². The first-order valence-electron chi connectivity index (χ1n) is 9.78. The van der Waals surface area contributed by atoms with Gasteiger partial charge in [0.1, 0.15) is 16.7 Å². The van der Waals surface area contributed by atoms with Crippen molar-refractivity contribution in [1.82, 2.24) is 19.9 Å². The molecule has 0 aliphatic carbocycles. The fourth-order valence-corrected chi connectivity index (χ4v) is 5.34. The molecule has 2 aromatic heterocycles. The molecule has 1 atom stereocenters. The van der Waals surface area contributed by atoms with Gasteiger partial charge in [-0.05, 0) is 31.5 Å². The summed E-state index contributed by atoms with van der Waals surface area (Å²) in [6, 6.07) is 4.30. The van der Waals surface area contributed by atoms with Crippen molar-refractivity contribution in [2.45, 2.75) is 37.3 Å². The number of sulfonamides is 1. The maximum Gasteiger partial charge on any atom is 0.438 e. The normalized spacial score (nSPS) is 15.7. The van der Waals surface area contributed by atoms with Gasteiger partial charge in [-0.15, -0.1) is 0 Å². The number of carboxylic acid groups (broad SMARTS) is 1. The Labute approximate surface area is 191 Å². The maximum atomic E-state index is 13.6. The van der Waals surface area contributed by atoms with E-state index < -0.39 is 28.0 Å². The van der Waals surface area contributed by atoms with Crippen LogP contribution < -0.4 is 20.1 Å². The number of aryl methyl sites for hydroxylation is 2. The Kier molecular flexibility index (Phi) is 6.03. The second-order valence-corrected chi connectivity index (χ2v) is 9.30. The van der Waals surface area contributed by atoms with Crippen LogP contribution in [0.4, 0.5) is 16.2 Å². The summed E-state index contributed by atoms with van der Waals surface area (Å²) in [6.07, 6.45) is 0.0117. The third-order valence-corrected chi connectivity index (χ3v) is 7.08. The summed E-state index contributed by atoms with van der Waals surface area (Å²) in [5, 5.41) is 18.6. The fraction of sp³-hybridized carbons (Fsp3) is 0.333. The van der Waals surface area contributed by atoms with Crippen LogP contribution in [-0.4, -0.2) is 52.2 Å². The van der Waals surface area contributed by atoms with E-state index in [1.54, 1.807) is 6.92 Å². The standard InChI is InChI=1S/C18H19ClN6O7S/c1-2-24-9-14(16(19)22-24)33(29,30)25-8-11(4-6-15-21-18(28)32-23-15)31-13-5-3-10(7-12(13)25)20-17(26)27/h3,5,7,9,11,20H,2,4,6,8H2,1H3,(H,26,27)(H,21,23,28). The van der Waals surface area contributed by atoms with Crippen LogP contribution in [0.3, 0.4) is 0 Å². The Morgan fingerprint density at radius 1 is 1.42 bits per heavy atom. The van der Waals surface area contributed by atoms with Crippen LogP contribution in [0.5, 0.6) is 5.75 Å². The van der Waals surface area contributed by atoms with E-state index in [1.807, 2.05) is 0 Å². The number of ether oxygens (including phenoxy) is 1. The summed E-state index contributed by atoms with van der Waals surface area (Å²) in [4.78, 5) is 24.4. The number of hydrogen-bond acceptors (Lipinski definition) is 8. The number of anilines is 2. The lowest BCUT2D eigenvalue weighted by molar-refractivity contribution is 0.189. The molecular weight excluding hydrogens is 480 g/mol. The smallest absolute Gasteiger partial charge is 0.438 e. The second-order valence-electron chi connectivity index (χ2n) is 7.11. The molecule has 0 saturated heterocycles. The van der Waals surface area contributed by atoms with Gasteiger partial charge in [-0.25, -0.2) is 18.0 Å². The van der Waals surface area contributed by atoms with Crippen LogP contribution in [0.15, 0.2) is 38.6 Å². The van der Waals surface area contributed by atoms with Gasteiger partial charge in [-0.1, -0.05) is 16.8 Å². The van der Waals surface area contributed by atoms with Crippen LogP contribution in [0.25, 0.3) is 0 Å². The molecule has 33 heavy (non-hydrogen) atoms. The minimum Gasteiger partial charge on any atom is -0.486 e. The monoisotopic (exact) mass is 498 g/mol. The number of nitrogens with one attached hydrogen (secondary N) is 2. The first-order chi connectivity index (χ1) is 15.7. The Hall–Kier alpha value is -3.52. The minimum atomic E-state index is -4.18. The van der Waals surface area contributed by atoms with Crippen LogP contribution in [0.2, 0.25) is 5.15 Å². The first-order valence-corrected chi connectivity index (χ1v) is 11.6. The highest BCUT2D eigenvalue weighted by Crippen LogP contribution is 2.40. The molecule has 3 aromatic rings. The number of H-pyrrole nitrogens is 1. The highest BCUT2D eigenvalue weighted by molar-refractivity contribution is 7.93. The third-order valence-electron chi connectivity index (χ3n) is 4.91. The van der Waals surface area contributed by atoms with E-state index >= 15 is 0 Å². The average molecular weight is 499 g/mol. The Morgan fingerprint density at radius 3 is 2.85 bits per heavy atom. The minimum absolute atomic E-state index is 0.0957. The first kappa shape index (κ1) is 22.7. The average Bonchev–Trinajstić information content (AvgIpc) is 3.36. The summed E-state index contributed by atoms with van der Waals surface area (Å²) < 4.78 is 40.1. The molecule has 15 heteroatoms. The van der Waals surface area contributed by atoms with Crippen LogP contribution in [0, 0.1) is 0 Å². The molecule has 0 saturated carbocycles. The summed E-state index contributed by atoms with van der Waals surface area (Å²) in [6.45, 7) is 2.11. The number of fused-ring (bicyclic) bond motifs is 1. The number of aromatic amines is 1.